The van der Waals surface area contributed by atoms with Crippen LogP contribution < -0.4 is 5.32 Å². The number of benzene rings is 1. The molecule has 1 heterocycles. The van der Waals surface area contributed by atoms with Crippen LogP contribution in [0.2, 0.25) is 5.02 Å². The van der Waals surface area contributed by atoms with Gasteiger partial charge in [-0.1, -0.05) is 11.6 Å². The van der Waals surface area contributed by atoms with Gasteiger partial charge in [-0.2, -0.15) is 0 Å². The maximum absolute atomic E-state index is 12.0. The number of halogens is 1. The third kappa shape index (κ3) is 3.24. The first-order valence-electron chi connectivity index (χ1n) is 5.92. The molecule has 1 aliphatic rings. The molecule has 0 aliphatic carbocycles. The highest BCUT2D eigenvalue weighted by atomic mass is 35.5. The Labute approximate surface area is 115 Å². The van der Waals surface area contributed by atoms with Crippen molar-refractivity contribution in [2.24, 2.45) is 0 Å². The van der Waals surface area contributed by atoms with Crippen molar-refractivity contribution in [3.8, 4) is 0 Å². The summed E-state index contributed by atoms with van der Waals surface area (Å²) >= 11 is 5.83. The largest absolute Gasteiger partial charge is 0.479 e. The Morgan fingerprint density at radius 1 is 1.37 bits per heavy atom. The summed E-state index contributed by atoms with van der Waals surface area (Å²) in [7, 11) is 0. The van der Waals surface area contributed by atoms with E-state index in [2.05, 4.69) is 5.32 Å². The molecule has 0 spiro atoms. The van der Waals surface area contributed by atoms with E-state index in [0.29, 0.717) is 23.6 Å². The summed E-state index contributed by atoms with van der Waals surface area (Å²) in [5.41, 5.74) is 1.49. The van der Waals surface area contributed by atoms with Gasteiger partial charge >= 0.3 is 5.97 Å². The molecule has 102 valence electrons. The number of aryl methyl sites for hydroxylation is 1. The molecule has 0 unspecified atom stereocenters. The minimum Gasteiger partial charge on any atom is -0.479 e. The molecule has 0 bridgehead atoms. The fourth-order valence-electron chi connectivity index (χ4n) is 1.99. The lowest BCUT2D eigenvalue weighted by Crippen LogP contribution is -2.30. The van der Waals surface area contributed by atoms with Gasteiger partial charge in [-0.15, -0.1) is 0 Å². The van der Waals surface area contributed by atoms with Crippen molar-refractivity contribution in [1.82, 2.24) is 0 Å². The number of rotatable bonds is 3. The molecule has 2 rings (SSSR count). The lowest BCUT2D eigenvalue weighted by molar-refractivity contribution is -0.150. The molecule has 5 nitrogen and oxygen atoms in total. The van der Waals surface area contributed by atoms with E-state index in [-0.39, 0.29) is 5.91 Å². The smallest absolute Gasteiger partial charge is 0.332 e. The number of carboxylic acid groups (broad SMARTS) is 1. The van der Waals surface area contributed by atoms with Gasteiger partial charge in [0.15, 0.2) is 6.10 Å². The maximum Gasteiger partial charge on any atom is 0.332 e. The molecule has 1 saturated heterocycles. The molecule has 2 atom stereocenters. The topological polar surface area (TPSA) is 75.6 Å². The molecule has 2 N–H and O–H groups in total. The molecule has 0 saturated carbocycles. The van der Waals surface area contributed by atoms with E-state index in [1.54, 1.807) is 18.2 Å². The Kier molecular flexibility index (Phi) is 4.07. The van der Waals surface area contributed by atoms with Gasteiger partial charge in [0.05, 0.1) is 0 Å². The highest BCUT2D eigenvalue weighted by molar-refractivity contribution is 6.30. The third-order valence-electron chi connectivity index (χ3n) is 3.03. The first-order chi connectivity index (χ1) is 8.97. The van der Waals surface area contributed by atoms with Gasteiger partial charge < -0.3 is 15.2 Å². The number of ether oxygens (including phenoxy) is 1. The summed E-state index contributed by atoms with van der Waals surface area (Å²) in [6.07, 6.45) is -0.833. The van der Waals surface area contributed by atoms with E-state index < -0.39 is 18.2 Å². The van der Waals surface area contributed by atoms with Gasteiger partial charge in [0.25, 0.3) is 5.91 Å². The molecule has 1 amide bonds. The zero-order chi connectivity index (χ0) is 14.0. The molecule has 0 aromatic heterocycles. The summed E-state index contributed by atoms with van der Waals surface area (Å²) in [5, 5.41) is 12.1. The van der Waals surface area contributed by atoms with Crippen LogP contribution in [0.25, 0.3) is 0 Å². The molecule has 1 fully saturated rings. The molecule has 1 aliphatic heterocycles. The van der Waals surface area contributed by atoms with Crippen LogP contribution in [0.3, 0.4) is 0 Å². The molecule has 1 aromatic carbocycles. The summed E-state index contributed by atoms with van der Waals surface area (Å²) in [6.45, 7) is 1.83. The predicted molar refractivity (Wildman–Crippen MR) is 70.3 cm³/mol. The minimum atomic E-state index is -1.03. The second kappa shape index (κ2) is 5.59. The Morgan fingerprint density at radius 3 is 2.63 bits per heavy atom. The average molecular weight is 284 g/mol. The molecular formula is C13H14ClNO4. The number of hydrogen-bond acceptors (Lipinski definition) is 3. The number of carbonyl (C=O) groups is 2. The summed E-state index contributed by atoms with van der Waals surface area (Å²) in [6, 6.07) is 5.13. The van der Waals surface area contributed by atoms with Gasteiger partial charge in [0.2, 0.25) is 0 Å². The average Bonchev–Trinajstić information content (AvgIpc) is 2.82. The van der Waals surface area contributed by atoms with Gasteiger partial charge in [-0.05, 0) is 43.5 Å². The van der Waals surface area contributed by atoms with Crippen molar-refractivity contribution >= 4 is 29.2 Å². The van der Waals surface area contributed by atoms with E-state index >= 15 is 0 Å². The normalized spacial score (nSPS) is 22.2. The van der Waals surface area contributed by atoms with Crippen molar-refractivity contribution < 1.29 is 19.4 Å². The third-order valence-corrected chi connectivity index (χ3v) is 3.27. The fraction of sp³-hybridized carbons (Fsp3) is 0.385. The van der Waals surface area contributed by atoms with Gasteiger partial charge in [0, 0.05) is 10.7 Å². The number of carbonyl (C=O) groups excluding carboxylic acids is 1. The van der Waals surface area contributed by atoms with Crippen LogP contribution in [0, 0.1) is 6.92 Å². The highest BCUT2D eigenvalue weighted by Gasteiger charge is 2.34. The zero-order valence-electron chi connectivity index (χ0n) is 10.4. The maximum atomic E-state index is 12.0. The van der Waals surface area contributed by atoms with Crippen molar-refractivity contribution in [1.29, 1.82) is 0 Å². The second-order valence-electron chi connectivity index (χ2n) is 4.48. The number of anilines is 1. The lowest BCUT2D eigenvalue weighted by Gasteiger charge is -2.13. The number of hydrogen-bond donors (Lipinski definition) is 2. The number of amides is 1. The van der Waals surface area contributed by atoms with Gasteiger partial charge in [-0.3, -0.25) is 4.79 Å². The van der Waals surface area contributed by atoms with Crippen LogP contribution >= 0.6 is 11.6 Å². The Balaban J connectivity index is 2.00. The standard InChI is InChI=1S/C13H14ClNO4/c1-7-6-8(14)2-3-9(7)15-12(16)10-4-5-11(19-10)13(17)18/h2-3,6,10-11H,4-5H2,1H3,(H,15,16)(H,17,18)/t10-,11+/m0/s1. The number of carboxylic acids is 1. The van der Waals surface area contributed by atoms with E-state index in [1.165, 1.54) is 0 Å². The van der Waals surface area contributed by atoms with Crippen LogP contribution in [0.1, 0.15) is 18.4 Å². The molecule has 6 heteroatoms. The molecule has 1 aromatic rings. The van der Waals surface area contributed by atoms with E-state index in [0.717, 1.165) is 5.56 Å². The molecule has 19 heavy (non-hydrogen) atoms. The van der Waals surface area contributed by atoms with Crippen molar-refractivity contribution in [2.45, 2.75) is 32.0 Å². The van der Waals surface area contributed by atoms with Crippen LogP contribution in [0.4, 0.5) is 5.69 Å². The van der Waals surface area contributed by atoms with Crippen LogP contribution in [0.15, 0.2) is 18.2 Å². The van der Waals surface area contributed by atoms with E-state index in [1.807, 2.05) is 6.92 Å². The molecule has 0 radical (unpaired) electrons. The lowest BCUT2D eigenvalue weighted by atomic mass is 10.1. The molecular weight excluding hydrogens is 270 g/mol. The first-order valence-corrected chi connectivity index (χ1v) is 6.30. The van der Waals surface area contributed by atoms with Crippen molar-refractivity contribution in [2.75, 3.05) is 5.32 Å². The van der Waals surface area contributed by atoms with E-state index in [4.69, 9.17) is 21.4 Å². The van der Waals surface area contributed by atoms with Crippen molar-refractivity contribution in [3.05, 3.63) is 28.8 Å². The zero-order valence-corrected chi connectivity index (χ0v) is 11.1. The Hall–Kier alpha value is -1.59. The number of aliphatic carboxylic acids is 1. The van der Waals surface area contributed by atoms with Crippen molar-refractivity contribution in [3.63, 3.8) is 0 Å². The Bertz CT molecular complexity index is 517. The monoisotopic (exact) mass is 283 g/mol. The second-order valence-corrected chi connectivity index (χ2v) is 4.91. The number of nitrogens with one attached hydrogen (secondary N) is 1. The minimum absolute atomic E-state index is 0.325. The fourth-order valence-corrected chi connectivity index (χ4v) is 2.22. The quantitative estimate of drug-likeness (QED) is 0.892. The summed E-state index contributed by atoms with van der Waals surface area (Å²) in [5.74, 6) is -1.35. The Morgan fingerprint density at radius 2 is 2.05 bits per heavy atom. The van der Waals surface area contributed by atoms with Crippen LogP contribution in [-0.2, 0) is 14.3 Å². The van der Waals surface area contributed by atoms with Gasteiger partial charge in [0.1, 0.15) is 6.10 Å². The van der Waals surface area contributed by atoms with Crippen LogP contribution in [-0.4, -0.2) is 29.2 Å². The first kappa shape index (κ1) is 13.8. The summed E-state index contributed by atoms with van der Waals surface area (Å²) < 4.78 is 5.18. The van der Waals surface area contributed by atoms with E-state index in [9.17, 15) is 9.59 Å². The SMILES string of the molecule is Cc1cc(Cl)ccc1NC(=O)[C@@H]1CC[C@H](C(=O)O)O1. The highest BCUT2D eigenvalue weighted by Crippen LogP contribution is 2.23. The predicted octanol–water partition coefficient (Wildman–Crippen LogP) is 2.22. The van der Waals surface area contributed by atoms with Gasteiger partial charge in [-0.25, -0.2) is 4.79 Å². The summed E-state index contributed by atoms with van der Waals surface area (Å²) in [4.78, 5) is 22.7. The van der Waals surface area contributed by atoms with Crippen LogP contribution in [0.5, 0.6) is 0 Å².